The average molecular weight is 259 g/mol. The molecule has 0 bridgehead atoms. The second-order valence-electron chi connectivity index (χ2n) is 5.05. The van der Waals surface area contributed by atoms with Crippen molar-refractivity contribution < 1.29 is 4.39 Å². The summed E-state index contributed by atoms with van der Waals surface area (Å²) in [5.74, 6) is -0.139. The Morgan fingerprint density at radius 3 is 2.89 bits per heavy atom. The number of nitrogens with one attached hydrogen (secondary N) is 1. The molecule has 4 heteroatoms. The van der Waals surface area contributed by atoms with E-state index < -0.39 is 0 Å². The van der Waals surface area contributed by atoms with Crippen molar-refractivity contribution in [2.24, 2.45) is 0 Å². The largest absolute Gasteiger partial charge is 0.310 e. The summed E-state index contributed by atoms with van der Waals surface area (Å²) in [7, 11) is 0. The molecule has 1 aromatic heterocycles. The maximum Gasteiger partial charge on any atom is 0.127 e. The van der Waals surface area contributed by atoms with Gasteiger partial charge < -0.3 is 5.32 Å². The van der Waals surface area contributed by atoms with Gasteiger partial charge in [0.15, 0.2) is 0 Å². The van der Waals surface area contributed by atoms with Gasteiger partial charge in [-0.2, -0.15) is 5.10 Å². The molecular formula is C15H18FN3. The van der Waals surface area contributed by atoms with Crippen LogP contribution in [0.2, 0.25) is 0 Å². The highest BCUT2D eigenvalue weighted by Crippen LogP contribution is 2.23. The van der Waals surface area contributed by atoms with Crippen LogP contribution in [0.5, 0.6) is 0 Å². The lowest BCUT2D eigenvalue weighted by atomic mass is 10.1. The fraction of sp³-hybridized carbons (Fsp3) is 0.400. The quantitative estimate of drug-likeness (QED) is 0.894. The number of rotatable bonds is 5. The van der Waals surface area contributed by atoms with Gasteiger partial charge in [0.25, 0.3) is 0 Å². The Labute approximate surface area is 112 Å². The van der Waals surface area contributed by atoms with Crippen molar-refractivity contribution in [3.63, 3.8) is 0 Å². The summed E-state index contributed by atoms with van der Waals surface area (Å²) >= 11 is 0. The molecular weight excluding hydrogens is 241 g/mol. The summed E-state index contributed by atoms with van der Waals surface area (Å²) in [6.45, 7) is 3.50. The van der Waals surface area contributed by atoms with Crippen molar-refractivity contribution in [3.8, 4) is 11.1 Å². The molecule has 1 saturated carbocycles. The molecule has 2 aromatic rings. The predicted octanol–water partition coefficient (Wildman–Crippen LogP) is 2.96. The first-order valence-electron chi connectivity index (χ1n) is 6.81. The van der Waals surface area contributed by atoms with Crippen LogP contribution >= 0.6 is 0 Å². The molecule has 0 unspecified atom stereocenters. The van der Waals surface area contributed by atoms with Gasteiger partial charge in [-0.1, -0.05) is 6.07 Å². The van der Waals surface area contributed by atoms with Crippen LogP contribution in [0.25, 0.3) is 11.1 Å². The Kier molecular flexibility index (Phi) is 3.34. The third kappa shape index (κ3) is 2.84. The first-order valence-corrected chi connectivity index (χ1v) is 6.81. The lowest BCUT2D eigenvalue weighted by Gasteiger charge is -2.07. The topological polar surface area (TPSA) is 29.9 Å². The van der Waals surface area contributed by atoms with E-state index in [2.05, 4.69) is 10.4 Å². The van der Waals surface area contributed by atoms with Crippen molar-refractivity contribution in [3.05, 3.63) is 42.0 Å². The second kappa shape index (κ2) is 5.13. The molecule has 0 saturated heterocycles. The number of benzene rings is 1. The van der Waals surface area contributed by atoms with E-state index in [1.54, 1.807) is 6.07 Å². The van der Waals surface area contributed by atoms with Crippen molar-refractivity contribution in [2.45, 2.75) is 38.9 Å². The van der Waals surface area contributed by atoms with E-state index in [0.717, 1.165) is 23.2 Å². The number of nitrogens with zero attached hydrogens (tertiary/aromatic N) is 2. The molecule has 3 nitrogen and oxygen atoms in total. The van der Waals surface area contributed by atoms with E-state index in [9.17, 15) is 4.39 Å². The Morgan fingerprint density at radius 2 is 2.21 bits per heavy atom. The van der Waals surface area contributed by atoms with Crippen LogP contribution in [0.4, 0.5) is 4.39 Å². The van der Waals surface area contributed by atoms with Crippen LogP contribution in [0, 0.1) is 5.82 Å². The molecule has 100 valence electrons. The van der Waals surface area contributed by atoms with Gasteiger partial charge in [-0.15, -0.1) is 0 Å². The maximum absolute atomic E-state index is 13.8. The molecule has 0 aliphatic heterocycles. The fourth-order valence-corrected chi connectivity index (χ4v) is 2.12. The highest BCUT2D eigenvalue weighted by atomic mass is 19.1. The standard InChI is InChI=1S/C15H18FN3/c1-2-19-10-13(9-18-19)11-3-6-15(16)12(7-11)8-17-14-4-5-14/h3,6-7,9-10,14,17H,2,4-5,8H2,1H3. The van der Waals surface area contributed by atoms with Gasteiger partial charge in [-0.3, -0.25) is 4.68 Å². The van der Waals surface area contributed by atoms with E-state index >= 15 is 0 Å². The zero-order chi connectivity index (χ0) is 13.2. The Hall–Kier alpha value is -1.68. The van der Waals surface area contributed by atoms with Crippen molar-refractivity contribution >= 4 is 0 Å². The molecule has 1 heterocycles. The zero-order valence-corrected chi connectivity index (χ0v) is 11.1. The summed E-state index contributed by atoms with van der Waals surface area (Å²) in [4.78, 5) is 0. The smallest absolute Gasteiger partial charge is 0.127 e. The minimum atomic E-state index is -0.139. The number of halogens is 1. The molecule has 0 radical (unpaired) electrons. The van der Waals surface area contributed by atoms with Gasteiger partial charge >= 0.3 is 0 Å². The lowest BCUT2D eigenvalue weighted by molar-refractivity contribution is 0.587. The summed E-state index contributed by atoms with van der Waals surface area (Å²) in [5.41, 5.74) is 2.79. The van der Waals surface area contributed by atoms with Crippen LogP contribution in [0.1, 0.15) is 25.3 Å². The Bertz CT molecular complexity index is 573. The summed E-state index contributed by atoms with van der Waals surface area (Å²) in [5, 5.41) is 7.60. The third-order valence-electron chi connectivity index (χ3n) is 3.49. The van der Waals surface area contributed by atoms with E-state index in [1.165, 1.54) is 12.8 Å². The third-order valence-corrected chi connectivity index (χ3v) is 3.49. The maximum atomic E-state index is 13.8. The molecule has 1 fully saturated rings. The number of aromatic nitrogens is 2. The molecule has 1 aliphatic carbocycles. The molecule has 1 aliphatic rings. The van der Waals surface area contributed by atoms with E-state index in [-0.39, 0.29) is 5.82 Å². The minimum absolute atomic E-state index is 0.139. The van der Waals surface area contributed by atoms with Crippen LogP contribution in [0.3, 0.4) is 0 Å². The van der Waals surface area contributed by atoms with Crippen molar-refractivity contribution in [2.75, 3.05) is 0 Å². The van der Waals surface area contributed by atoms with Gasteiger partial charge in [-0.25, -0.2) is 4.39 Å². The van der Waals surface area contributed by atoms with Gasteiger partial charge in [0, 0.05) is 36.5 Å². The summed E-state index contributed by atoms with van der Waals surface area (Å²) in [6, 6.07) is 5.86. The number of hydrogen-bond donors (Lipinski definition) is 1. The SMILES string of the molecule is CCn1cc(-c2ccc(F)c(CNC3CC3)c2)cn1. The first kappa shape index (κ1) is 12.4. The predicted molar refractivity (Wildman–Crippen MR) is 73.2 cm³/mol. The van der Waals surface area contributed by atoms with Crippen LogP contribution in [-0.4, -0.2) is 15.8 Å². The van der Waals surface area contributed by atoms with Gasteiger partial charge in [0.1, 0.15) is 5.82 Å². The molecule has 0 amide bonds. The fourth-order valence-electron chi connectivity index (χ4n) is 2.12. The van der Waals surface area contributed by atoms with Crippen LogP contribution in [0.15, 0.2) is 30.6 Å². The van der Waals surface area contributed by atoms with Crippen LogP contribution in [-0.2, 0) is 13.1 Å². The number of aryl methyl sites for hydroxylation is 1. The minimum Gasteiger partial charge on any atom is -0.310 e. The molecule has 1 aromatic carbocycles. The van der Waals surface area contributed by atoms with E-state index in [0.29, 0.717) is 12.6 Å². The summed E-state index contributed by atoms with van der Waals surface area (Å²) in [6.07, 6.45) is 6.25. The lowest BCUT2D eigenvalue weighted by Crippen LogP contribution is -2.16. The summed E-state index contributed by atoms with van der Waals surface area (Å²) < 4.78 is 15.6. The first-order chi connectivity index (χ1) is 9.26. The van der Waals surface area contributed by atoms with Crippen LogP contribution < -0.4 is 5.32 Å². The molecule has 1 N–H and O–H groups in total. The number of hydrogen-bond acceptors (Lipinski definition) is 2. The monoisotopic (exact) mass is 259 g/mol. The zero-order valence-electron chi connectivity index (χ0n) is 11.1. The molecule has 0 atom stereocenters. The van der Waals surface area contributed by atoms with Gasteiger partial charge in [0.2, 0.25) is 0 Å². The normalized spacial score (nSPS) is 14.8. The highest BCUT2D eigenvalue weighted by Gasteiger charge is 2.20. The van der Waals surface area contributed by atoms with Gasteiger partial charge in [-0.05, 0) is 37.5 Å². The Morgan fingerprint density at radius 1 is 1.37 bits per heavy atom. The van der Waals surface area contributed by atoms with Crippen molar-refractivity contribution in [1.82, 2.24) is 15.1 Å². The molecule has 3 rings (SSSR count). The second-order valence-corrected chi connectivity index (χ2v) is 5.05. The Balaban J connectivity index is 1.82. The molecule has 0 spiro atoms. The van der Waals surface area contributed by atoms with E-state index in [1.807, 2.05) is 36.1 Å². The van der Waals surface area contributed by atoms with Crippen molar-refractivity contribution in [1.29, 1.82) is 0 Å². The van der Waals surface area contributed by atoms with E-state index in [4.69, 9.17) is 0 Å². The highest BCUT2D eigenvalue weighted by molar-refractivity contribution is 5.62. The average Bonchev–Trinajstić information content (AvgIpc) is 3.13. The molecule has 19 heavy (non-hydrogen) atoms. The van der Waals surface area contributed by atoms with Gasteiger partial charge in [0.05, 0.1) is 6.20 Å².